The van der Waals surface area contributed by atoms with Crippen LogP contribution in [0.2, 0.25) is 0 Å². The number of hydrogen-bond acceptors (Lipinski definition) is 6. The van der Waals surface area contributed by atoms with Gasteiger partial charge in [-0.15, -0.1) is 0 Å². The first kappa shape index (κ1) is 19.8. The molecule has 1 aliphatic carbocycles. The molecule has 0 bridgehead atoms. The maximum Gasteiger partial charge on any atom is 0.308 e. The first-order valence-electron chi connectivity index (χ1n) is 9.20. The molecule has 0 aliphatic heterocycles. The monoisotopic (exact) mass is 389 g/mol. The Hall–Kier alpha value is -2.97. The standard InChI is InChI=1S/C19H24FN5O3/c1-11-10-16(24-25(11)2)23-18(26)14-8-9-15(20)22-17(14)21-13-6-4-12(5-7-13)19(27)28-3/h8-10,12-13H,4-7H2,1-3H3,(H,21,22)(H,23,24,26). The SMILES string of the molecule is COC(=O)C1CCC(Nc2nc(F)ccc2C(=O)Nc2cc(C)n(C)n2)CC1. The molecule has 2 N–H and O–H groups in total. The van der Waals surface area contributed by atoms with E-state index < -0.39 is 11.9 Å². The molecule has 0 saturated heterocycles. The molecular formula is C19H24FN5O3. The summed E-state index contributed by atoms with van der Waals surface area (Å²) in [5, 5.41) is 10.1. The summed E-state index contributed by atoms with van der Waals surface area (Å²) in [5.41, 5.74) is 1.13. The maximum absolute atomic E-state index is 13.7. The number of anilines is 2. The van der Waals surface area contributed by atoms with Crippen molar-refractivity contribution in [3.8, 4) is 0 Å². The van der Waals surface area contributed by atoms with Gasteiger partial charge in [0.15, 0.2) is 5.82 Å². The molecule has 2 aromatic rings. The first-order chi connectivity index (χ1) is 13.4. The molecule has 28 heavy (non-hydrogen) atoms. The minimum atomic E-state index is -0.670. The number of carbonyl (C=O) groups excluding carboxylic acids is 2. The van der Waals surface area contributed by atoms with Crippen LogP contribution in [0.5, 0.6) is 0 Å². The summed E-state index contributed by atoms with van der Waals surface area (Å²) in [6.07, 6.45) is 2.76. The van der Waals surface area contributed by atoms with Crippen molar-refractivity contribution in [1.82, 2.24) is 14.8 Å². The molecule has 2 aromatic heterocycles. The van der Waals surface area contributed by atoms with Gasteiger partial charge in [-0.2, -0.15) is 9.49 Å². The van der Waals surface area contributed by atoms with Gasteiger partial charge in [-0.1, -0.05) is 0 Å². The Labute approximate surface area is 162 Å². The van der Waals surface area contributed by atoms with Gasteiger partial charge in [-0.3, -0.25) is 14.3 Å². The minimum Gasteiger partial charge on any atom is -0.469 e. The van der Waals surface area contributed by atoms with Crippen molar-refractivity contribution in [3.63, 3.8) is 0 Å². The summed E-state index contributed by atoms with van der Waals surface area (Å²) in [7, 11) is 3.17. The highest BCUT2D eigenvalue weighted by Crippen LogP contribution is 2.28. The van der Waals surface area contributed by atoms with E-state index in [2.05, 4.69) is 20.7 Å². The Morgan fingerprint density at radius 2 is 1.96 bits per heavy atom. The van der Waals surface area contributed by atoms with E-state index in [9.17, 15) is 14.0 Å². The molecule has 0 atom stereocenters. The topological polar surface area (TPSA) is 98.1 Å². The number of aromatic nitrogens is 3. The zero-order valence-electron chi connectivity index (χ0n) is 16.2. The van der Waals surface area contributed by atoms with Crippen molar-refractivity contribution in [3.05, 3.63) is 35.4 Å². The van der Waals surface area contributed by atoms with Gasteiger partial charge in [0.2, 0.25) is 5.95 Å². The number of ether oxygens (including phenoxy) is 1. The van der Waals surface area contributed by atoms with Gasteiger partial charge in [0.25, 0.3) is 5.91 Å². The summed E-state index contributed by atoms with van der Waals surface area (Å²) in [6.45, 7) is 1.87. The van der Waals surface area contributed by atoms with Crippen LogP contribution < -0.4 is 10.6 Å². The highest BCUT2D eigenvalue weighted by atomic mass is 19.1. The van der Waals surface area contributed by atoms with Gasteiger partial charge < -0.3 is 15.4 Å². The second kappa shape index (κ2) is 8.37. The molecule has 9 heteroatoms. The summed E-state index contributed by atoms with van der Waals surface area (Å²) in [6, 6.07) is 4.29. The third-order valence-electron chi connectivity index (χ3n) is 5.06. The van der Waals surface area contributed by atoms with Crippen molar-refractivity contribution in [1.29, 1.82) is 0 Å². The number of carbonyl (C=O) groups is 2. The number of nitrogens with one attached hydrogen (secondary N) is 2. The molecule has 0 radical (unpaired) electrons. The molecule has 1 saturated carbocycles. The third kappa shape index (κ3) is 4.47. The largest absolute Gasteiger partial charge is 0.469 e. The van der Waals surface area contributed by atoms with Crippen molar-refractivity contribution in [2.24, 2.45) is 13.0 Å². The highest BCUT2D eigenvalue weighted by molar-refractivity contribution is 6.07. The van der Waals surface area contributed by atoms with E-state index in [-0.39, 0.29) is 29.3 Å². The van der Waals surface area contributed by atoms with E-state index in [1.54, 1.807) is 17.8 Å². The summed E-state index contributed by atoms with van der Waals surface area (Å²) in [5.74, 6) is -0.801. The molecule has 1 fully saturated rings. The average molecular weight is 389 g/mol. The maximum atomic E-state index is 13.7. The molecule has 1 amide bonds. The molecule has 1 aliphatic rings. The Morgan fingerprint density at radius 3 is 2.57 bits per heavy atom. The number of pyridine rings is 1. The summed E-state index contributed by atoms with van der Waals surface area (Å²) < 4.78 is 20.1. The van der Waals surface area contributed by atoms with Gasteiger partial charge in [-0.25, -0.2) is 4.98 Å². The van der Waals surface area contributed by atoms with E-state index in [1.165, 1.54) is 13.2 Å². The second-order valence-electron chi connectivity index (χ2n) is 6.99. The Kier molecular flexibility index (Phi) is 5.91. The number of halogens is 1. The van der Waals surface area contributed by atoms with Gasteiger partial charge in [0, 0.05) is 24.8 Å². The van der Waals surface area contributed by atoms with E-state index in [0.717, 1.165) is 11.8 Å². The molecule has 0 spiro atoms. The number of methoxy groups -OCH3 is 1. The molecule has 3 rings (SSSR count). The average Bonchev–Trinajstić information content (AvgIpc) is 2.98. The van der Waals surface area contributed by atoms with Crippen LogP contribution in [0, 0.1) is 18.8 Å². The van der Waals surface area contributed by atoms with E-state index in [1.807, 2.05) is 6.92 Å². The molecule has 0 aromatic carbocycles. The van der Waals surface area contributed by atoms with Gasteiger partial charge in [0.05, 0.1) is 18.6 Å². The van der Waals surface area contributed by atoms with Crippen molar-refractivity contribution >= 4 is 23.5 Å². The molecule has 2 heterocycles. The van der Waals surface area contributed by atoms with Gasteiger partial charge >= 0.3 is 5.97 Å². The predicted octanol–water partition coefficient (Wildman–Crippen LogP) is 2.66. The summed E-state index contributed by atoms with van der Waals surface area (Å²) >= 11 is 0. The zero-order chi connectivity index (χ0) is 20.3. The first-order valence-corrected chi connectivity index (χ1v) is 9.20. The van der Waals surface area contributed by atoms with Crippen LogP contribution in [0.25, 0.3) is 0 Å². The smallest absolute Gasteiger partial charge is 0.308 e. The normalized spacial score (nSPS) is 19.1. The number of esters is 1. The van der Waals surface area contributed by atoms with Crippen LogP contribution in [-0.2, 0) is 16.6 Å². The second-order valence-corrected chi connectivity index (χ2v) is 6.99. The fourth-order valence-corrected chi connectivity index (χ4v) is 3.37. The minimum absolute atomic E-state index is 0.00106. The van der Waals surface area contributed by atoms with E-state index in [0.29, 0.717) is 31.5 Å². The Balaban J connectivity index is 1.70. The van der Waals surface area contributed by atoms with Crippen LogP contribution in [0.15, 0.2) is 18.2 Å². The Bertz CT molecular complexity index is 855. The van der Waals surface area contributed by atoms with Crippen molar-refractivity contribution in [2.45, 2.75) is 38.6 Å². The lowest BCUT2D eigenvalue weighted by molar-refractivity contribution is -0.146. The molecular weight excluding hydrogens is 365 g/mol. The lowest BCUT2D eigenvalue weighted by Crippen LogP contribution is -2.31. The van der Waals surface area contributed by atoms with E-state index in [4.69, 9.17) is 4.74 Å². The van der Waals surface area contributed by atoms with Crippen LogP contribution in [-0.4, -0.2) is 39.8 Å². The Morgan fingerprint density at radius 1 is 1.25 bits per heavy atom. The van der Waals surface area contributed by atoms with Gasteiger partial charge in [0.1, 0.15) is 5.82 Å². The number of hydrogen-bond donors (Lipinski definition) is 2. The van der Waals surface area contributed by atoms with Crippen molar-refractivity contribution in [2.75, 3.05) is 17.7 Å². The van der Waals surface area contributed by atoms with Crippen molar-refractivity contribution < 1.29 is 18.7 Å². The number of aryl methyl sites for hydroxylation is 2. The van der Waals surface area contributed by atoms with Gasteiger partial charge in [-0.05, 0) is 44.7 Å². The molecule has 150 valence electrons. The fourth-order valence-electron chi connectivity index (χ4n) is 3.37. The van der Waals surface area contributed by atoms with E-state index >= 15 is 0 Å². The van der Waals surface area contributed by atoms with Crippen LogP contribution in [0.3, 0.4) is 0 Å². The highest BCUT2D eigenvalue weighted by Gasteiger charge is 2.28. The quantitative estimate of drug-likeness (QED) is 0.603. The van der Waals surface area contributed by atoms with Crippen LogP contribution >= 0.6 is 0 Å². The fraction of sp³-hybridized carbons (Fsp3) is 0.474. The predicted molar refractivity (Wildman–Crippen MR) is 101 cm³/mol. The summed E-state index contributed by atoms with van der Waals surface area (Å²) in [4.78, 5) is 28.2. The lowest BCUT2D eigenvalue weighted by atomic mass is 9.86. The third-order valence-corrected chi connectivity index (χ3v) is 5.06. The zero-order valence-corrected chi connectivity index (χ0v) is 16.2. The lowest BCUT2D eigenvalue weighted by Gasteiger charge is -2.28. The van der Waals surface area contributed by atoms with Crippen LogP contribution in [0.1, 0.15) is 41.7 Å². The number of rotatable bonds is 5. The van der Waals surface area contributed by atoms with Crippen LogP contribution in [0.4, 0.5) is 16.0 Å². The molecule has 8 nitrogen and oxygen atoms in total. The number of nitrogens with zero attached hydrogens (tertiary/aromatic N) is 3. The molecule has 0 unspecified atom stereocenters. The number of amides is 1.